The third-order valence-electron chi connectivity index (χ3n) is 5.16. The largest absolute Gasteiger partial charge is 0.497 e. The van der Waals surface area contributed by atoms with Crippen LogP contribution in [0.15, 0.2) is 48.5 Å². The molecule has 162 valence electrons. The Kier molecular flexibility index (Phi) is 7.23. The van der Waals surface area contributed by atoms with Gasteiger partial charge in [0.1, 0.15) is 5.75 Å². The smallest absolute Gasteiger partial charge is 0.238 e. The van der Waals surface area contributed by atoms with Gasteiger partial charge >= 0.3 is 0 Å². The van der Waals surface area contributed by atoms with E-state index in [4.69, 9.17) is 16.3 Å². The number of carbonyl (C=O) groups is 1. The average Bonchev–Trinajstić information content (AvgIpc) is 2.74. The van der Waals surface area contributed by atoms with Crippen molar-refractivity contribution in [3.63, 3.8) is 0 Å². The molecule has 0 aromatic heterocycles. The van der Waals surface area contributed by atoms with Crippen molar-refractivity contribution in [1.82, 2.24) is 9.21 Å². The summed E-state index contributed by atoms with van der Waals surface area (Å²) in [6.45, 7) is 2.30. The lowest BCUT2D eigenvalue weighted by Gasteiger charge is -2.37. The molecule has 1 aliphatic rings. The van der Waals surface area contributed by atoms with Crippen LogP contribution in [0, 0.1) is 0 Å². The first-order valence-electron chi connectivity index (χ1n) is 9.63. The molecule has 30 heavy (non-hydrogen) atoms. The van der Waals surface area contributed by atoms with Crippen molar-refractivity contribution in [3.8, 4) is 5.75 Å². The predicted molar refractivity (Wildman–Crippen MR) is 118 cm³/mol. The van der Waals surface area contributed by atoms with Crippen LogP contribution in [0.2, 0.25) is 5.02 Å². The molecular weight excluding hydrogens is 426 g/mol. The third-order valence-corrected chi connectivity index (χ3v) is 6.72. The monoisotopic (exact) mass is 451 g/mol. The highest BCUT2D eigenvalue weighted by molar-refractivity contribution is 7.88. The lowest BCUT2D eigenvalue weighted by atomic mass is 10.2. The number of methoxy groups -OCH3 is 1. The minimum atomic E-state index is -3.57. The molecule has 7 nitrogen and oxygen atoms in total. The molecule has 1 aliphatic heterocycles. The highest BCUT2D eigenvalue weighted by Crippen LogP contribution is 2.21. The summed E-state index contributed by atoms with van der Waals surface area (Å²) in [6, 6.07) is 14.8. The third kappa shape index (κ3) is 5.65. The van der Waals surface area contributed by atoms with E-state index >= 15 is 0 Å². The summed E-state index contributed by atoms with van der Waals surface area (Å²) >= 11 is 6.17. The number of ether oxygens (including phenoxy) is 1. The van der Waals surface area contributed by atoms with E-state index in [9.17, 15) is 13.2 Å². The molecule has 0 unspecified atom stereocenters. The quantitative estimate of drug-likeness (QED) is 0.646. The first-order chi connectivity index (χ1) is 14.3. The highest BCUT2D eigenvalue weighted by atomic mass is 35.5. The molecular formula is C21H26ClN3O4S. The van der Waals surface area contributed by atoms with Gasteiger partial charge in [-0.05, 0) is 35.9 Å². The molecule has 0 bridgehead atoms. The molecule has 1 heterocycles. The lowest BCUT2D eigenvalue weighted by Crippen LogP contribution is -2.51. The zero-order valence-electron chi connectivity index (χ0n) is 17.1. The second kappa shape index (κ2) is 9.68. The summed E-state index contributed by atoms with van der Waals surface area (Å²) < 4.78 is 30.9. The Bertz CT molecular complexity index is 974. The summed E-state index contributed by atoms with van der Waals surface area (Å²) in [5.74, 6) is 0.591. The molecule has 2 aromatic carbocycles. The van der Waals surface area contributed by atoms with Crippen LogP contribution in [0.1, 0.15) is 5.56 Å². The molecule has 1 saturated heterocycles. The van der Waals surface area contributed by atoms with E-state index < -0.39 is 10.0 Å². The molecule has 0 aliphatic carbocycles. The molecule has 0 radical (unpaired) electrons. The molecule has 0 N–H and O–H groups in total. The Morgan fingerprint density at radius 1 is 1.07 bits per heavy atom. The van der Waals surface area contributed by atoms with Crippen molar-refractivity contribution < 1.29 is 17.9 Å². The van der Waals surface area contributed by atoms with Gasteiger partial charge in [-0.2, -0.15) is 4.31 Å². The van der Waals surface area contributed by atoms with E-state index in [1.165, 1.54) is 4.31 Å². The van der Waals surface area contributed by atoms with Crippen molar-refractivity contribution in [2.45, 2.75) is 6.54 Å². The van der Waals surface area contributed by atoms with E-state index in [0.29, 0.717) is 36.8 Å². The van der Waals surface area contributed by atoms with Gasteiger partial charge in [-0.1, -0.05) is 29.8 Å². The van der Waals surface area contributed by atoms with Crippen molar-refractivity contribution >= 4 is 33.2 Å². The van der Waals surface area contributed by atoms with Crippen molar-refractivity contribution in [3.05, 3.63) is 59.1 Å². The number of hydrogen-bond acceptors (Lipinski definition) is 5. The fourth-order valence-electron chi connectivity index (χ4n) is 3.36. The number of carbonyl (C=O) groups excluding carboxylic acids is 1. The Morgan fingerprint density at radius 3 is 2.27 bits per heavy atom. The van der Waals surface area contributed by atoms with Crippen LogP contribution in [0.3, 0.4) is 0 Å². The molecule has 0 spiro atoms. The maximum absolute atomic E-state index is 12.8. The van der Waals surface area contributed by atoms with Gasteiger partial charge in [0.25, 0.3) is 0 Å². The summed E-state index contributed by atoms with van der Waals surface area (Å²) in [5, 5.41) is 0.478. The molecule has 1 fully saturated rings. The molecule has 0 saturated carbocycles. The van der Waals surface area contributed by atoms with Crippen LogP contribution < -0.4 is 9.64 Å². The molecule has 1 amide bonds. The number of benzene rings is 2. The topological polar surface area (TPSA) is 70.2 Å². The number of anilines is 1. The van der Waals surface area contributed by atoms with Crippen LogP contribution in [-0.4, -0.2) is 69.6 Å². The van der Waals surface area contributed by atoms with Gasteiger partial charge in [0, 0.05) is 43.4 Å². The van der Waals surface area contributed by atoms with Gasteiger partial charge in [-0.3, -0.25) is 4.79 Å². The average molecular weight is 452 g/mol. The van der Waals surface area contributed by atoms with Crippen LogP contribution in [0.5, 0.6) is 5.75 Å². The van der Waals surface area contributed by atoms with Crippen molar-refractivity contribution in [1.29, 1.82) is 0 Å². The maximum Gasteiger partial charge on any atom is 0.238 e. The Hall–Kier alpha value is -2.29. The van der Waals surface area contributed by atoms with Crippen LogP contribution >= 0.6 is 11.6 Å². The normalized spacial score (nSPS) is 14.8. The lowest BCUT2D eigenvalue weighted by molar-refractivity contribution is -0.131. The van der Waals surface area contributed by atoms with E-state index in [1.54, 1.807) is 36.3 Å². The van der Waals surface area contributed by atoms with Crippen LogP contribution in [0.25, 0.3) is 0 Å². The molecule has 3 rings (SSSR count). The Morgan fingerprint density at radius 2 is 1.70 bits per heavy atom. The van der Waals surface area contributed by atoms with E-state index in [2.05, 4.69) is 4.90 Å². The summed E-state index contributed by atoms with van der Waals surface area (Å²) in [4.78, 5) is 16.7. The predicted octanol–water partition coefficient (Wildman–Crippen LogP) is 2.46. The van der Waals surface area contributed by atoms with Crippen molar-refractivity contribution in [2.75, 3.05) is 51.0 Å². The number of halogens is 1. The number of amides is 1. The molecule has 2 aromatic rings. The van der Waals surface area contributed by atoms with Gasteiger partial charge in [0.15, 0.2) is 0 Å². The fourth-order valence-corrected chi connectivity index (χ4v) is 4.28. The number of sulfonamides is 1. The Labute approximate surface area is 182 Å². The first kappa shape index (κ1) is 22.4. The van der Waals surface area contributed by atoms with E-state index in [0.717, 1.165) is 17.7 Å². The van der Waals surface area contributed by atoms with Gasteiger partial charge in [0.05, 0.1) is 19.9 Å². The first-order valence-corrected chi connectivity index (χ1v) is 11.9. The maximum atomic E-state index is 12.8. The van der Waals surface area contributed by atoms with Gasteiger partial charge in [-0.25, -0.2) is 8.42 Å². The van der Waals surface area contributed by atoms with Gasteiger partial charge in [0.2, 0.25) is 15.9 Å². The zero-order chi connectivity index (χ0) is 21.7. The second-order valence-electron chi connectivity index (χ2n) is 7.19. The van der Waals surface area contributed by atoms with Gasteiger partial charge < -0.3 is 14.5 Å². The van der Waals surface area contributed by atoms with Crippen molar-refractivity contribution in [2.24, 2.45) is 0 Å². The molecule has 9 heteroatoms. The Balaban J connectivity index is 1.60. The number of piperazine rings is 1. The summed E-state index contributed by atoms with van der Waals surface area (Å²) in [6.07, 6.45) is 1.11. The molecule has 0 atom stereocenters. The summed E-state index contributed by atoms with van der Waals surface area (Å²) in [5.41, 5.74) is 1.74. The SMILES string of the molecule is COc1ccc(N2CCN(C(=O)CN(Cc3ccccc3Cl)S(C)(=O)=O)CC2)cc1. The van der Waals surface area contributed by atoms with E-state index in [1.807, 2.05) is 24.3 Å². The fraction of sp³-hybridized carbons (Fsp3) is 0.381. The second-order valence-corrected chi connectivity index (χ2v) is 9.58. The summed E-state index contributed by atoms with van der Waals surface area (Å²) in [7, 11) is -1.94. The highest BCUT2D eigenvalue weighted by Gasteiger charge is 2.27. The van der Waals surface area contributed by atoms with Crippen LogP contribution in [-0.2, 0) is 21.4 Å². The minimum absolute atomic E-state index is 0.0655. The number of nitrogens with zero attached hydrogens (tertiary/aromatic N) is 3. The number of rotatable bonds is 7. The van der Waals surface area contributed by atoms with E-state index in [-0.39, 0.29) is 19.0 Å². The minimum Gasteiger partial charge on any atom is -0.497 e. The number of hydrogen-bond donors (Lipinski definition) is 0. The van der Waals surface area contributed by atoms with Crippen LogP contribution in [0.4, 0.5) is 5.69 Å². The van der Waals surface area contributed by atoms with Gasteiger partial charge in [-0.15, -0.1) is 0 Å². The zero-order valence-corrected chi connectivity index (χ0v) is 18.7. The standard InChI is InChI=1S/C21H26ClN3O4S/c1-29-19-9-7-18(8-10-19)23-11-13-24(14-12-23)21(26)16-25(30(2,27)28)15-17-5-3-4-6-20(17)22/h3-10H,11-16H2,1-2H3.